The van der Waals surface area contributed by atoms with Gasteiger partial charge in [-0.1, -0.05) is 6.92 Å². The predicted octanol–water partition coefficient (Wildman–Crippen LogP) is 3.55. The smallest absolute Gasteiger partial charge is 0.328 e. The van der Waals surface area contributed by atoms with Crippen molar-refractivity contribution in [1.82, 2.24) is 0 Å². The van der Waals surface area contributed by atoms with E-state index >= 15 is 0 Å². The van der Waals surface area contributed by atoms with E-state index < -0.39 is 5.97 Å². The summed E-state index contributed by atoms with van der Waals surface area (Å²) < 4.78 is 13.6. The molecule has 0 aliphatic heterocycles. The molecule has 3 nitrogen and oxygen atoms in total. The number of carbonyl (C=O) groups is 1. The second-order valence-corrected chi connectivity index (χ2v) is 4.46. The summed E-state index contributed by atoms with van der Waals surface area (Å²) in [6.45, 7) is 6.96. The maximum absolute atomic E-state index is 13.6. The molecule has 0 heterocycles. The van der Waals surface area contributed by atoms with Gasteiger partial charge in [0.2, 0.25) is 0 Å². The van der Waals surface area contributed by atoms with Crippen LogP contribution in [-0.4, -0.2) is 23.7 Å². The largest absolute Gasteiger partial charge is 0.478 e. The van der Waals surface area contributed by atoms with Gasteiger partial charge in [0, 0.05) is 24.4 Å². The molecule has 0 saturated heterocycles. The molecular weight excluding hydrogens is 245 g/mol. The fourth-order valence-electron chi connectivity index (χ4n) is 1.99. The van der Waals surface area contributed by atoms with E-state index in [1.54, 1.807) is 6.07 Å². The molecule has 1 atom stereocenters. The van der Waals surface area contributed by atoms with Gasteiger partial charge >= 0.3 is 5.97 Å². The molecule has 0 bridgehead atoms. The van der Waals surface area contributed by atoms with Gasteiger partial charge in [-0.3, -0.25) is 0 Å². The van der Waals surface area contributed by atoms with E-state index in [-0.39, 0.29) is 5.82 Å². The number of aliphatic carboxylic acids is 1. The van der Waals surface area contributed by atoms with Gasteiger partial charge in [-0.15, -0.1) is 0 Å². The average Bonchev–Trinajstić information content (AvgIpc) is 2.36. The summed E-state index contributed by atoms with van der Waals surface area (Å²) >= 11 is 0. The van der Waals surface area contributed by atoms with Crippen LogP contribution in [0.25, 0.3) is 6.08 Å². The SMILES string of the molecule is CCC(C)N(CC)c1cc(F)cc(/C=C/C(=O)O)c1. The molecule has 19 heavy (non-hydrogen) atoms. The summed E-state index contributed by atoms with van der Waals surface area (Å²) in [6.07, 6.45) is 3.38. The molecule has 0 radical (unpaired) electrons. The van der Waals surface area contributed by atoms with Gasteiger partial charge in [-0.25, -0.2) is 9.18 Å². The third-order valence-electron chi connectivity index (χ3n) is 3.12. The van der Waals surface area contributed by atoms with E-state index in [4.69, 9.17) is 5.11 Å². The number of anilines is 1. The Morgan fingerprint density at radius 3 is 2.63 bits per heavy atom. The highest BCUT2D eigenvalue weighted by Gasteiger charge is 2.12. The Morgan fingerprint density at radius 2 is 2.11 bits per heavy atom. The van der Waals surface area contributed by atoms with Crippen LogP contribution in [0.2, 0.25) is 0 Å². The fourth-order valence-corrected chi connectivity index (χ4v) is 1.99. The van der Waals surface area contributed by atoms with Crippen LogP contribution in [0.5, 0.6) is 0 Å². The number of hydrogen-bond donors (Lipinski definition) is 1. The first-order valence-electron chi connectivity index (χ1n) is 6.46. The predicted molar refractivity (Wildman–Crippen MR) is 75.8 cm³/mol. The van der Waals surface area contributed by atoms with Crippen molar-refractivity contribution in [3.8, 4) is 0 Å². The minimum atomic E-state index is -1.04. The second kappa shape index (κ2) is 6.92. The molecule has 1 aromatic rings. The molecule has 1 unspecified atom stereocenters. The molecule has 0 saturated carbocycles. The van der Waals surface area contributed by atoms with Crippen molar-refractivity contribution >= 4 is 17.7 Å². The van der Waals surface area contributed by atoms with Gasteiger partial charge in [-0.05, 0) is 50.1 Å². The first-order chi connectivity index (χ1) is 8.97. The Kier molecular flexibility index (Phi) is 5.55. The quantitative estimate of drug-likeness (QED) is 0.800. The number of halogens is 1. The van der Waals surface area contributed by atoms with Gasteiger partial charge in [0.1, 0.15) is 5.82 Å². The van der Waals surface area contributed by atoms with Gasteiger partial charge in [0.25, 0.3) is 0 Å². The summed E-state index contributed by atoms with van der Waals surface area (Å²) in [5, 5.41) is 8.60. The molecular formula is C15H20FNO2. The van der Waals surface area contributed by atoms with E-state index in [0.29, 0.717) is 11.6 Å². The minimum Gasteiger partial charge on any atom is -0.478 e. The Bertz CT molecular complexity index is 471. The van der Waals surface area contributed by atoms with Crippen molar-refractivity contribution in [2.75, 3.05) is 11.4 Å². The number of benzene rings is 1. The van der Waals surface area contributed by atoms with Crippen molar-refractivity contribution in [2.45, 2.75) is 33.2 Å². The molecule has 0 aliphatic carbocycles. The molecule has 1 N–H and O–H groups in total. The number of carboxylic acids is 1. The normalized spacial score (nSPS) is 12.6. The molecule has 1 aromatic carbocycles. The molecule has 104 valence electrons. The lowest BCUT2D eigenvalue weighted by Crippen LogP contribution is -2.32. The van der Waals surface area contributed by atoms with E-state index in [2.05, 4.69) is 18.7 Å². The summed E-state index contributed by atoms with van der Waals surface area (Å²) in [5.41, 5.74) is 1.33. The van der Waals surface area contributed by atoms with Crippen LogP contribution in [-0.2, 0) is 4.79 Å². The van der Waals surface area contributed by atoms with E-state index in [1.807, 2.05) is 6.92 Å². The summed E-state index contributed by atoms with van der Waals surface area (Å²) in [6, 6.07) is 4.92. The second-order valence-electron chi connectivity index (χ2n) is 4.46. The first-order valence-corrected chi connectivity index (χ1v) is 6.46. The number of rotatable bonds is 6. The van der Waals surface area contributed by atoms with Crippen molar-refractivity contribution < 1.29 is 14.3 Å². The molecule has 0 aliphatic rings. The summed E-state index contributed by atoms with van der Waals surface area (Å²) in [5.74, 6) is -1.40. The third-order valence-corrected chi connectivity index (χ3v) is 3.12. The minimum absolute atomic E-state index is 0.308. The topological polar surface area (TPSA) is 40.5 Å². The van der Waals surface area contributed by atoms with Crippen LogP contribution in [0, 0.1) is 5.82 Å². The Morgan fingerprint density at radius 1 is 1.42 bits per heavy atom. The highest BCUT2D eigenvalue weighted by atomic mass is 19.1. The Balaban J connectivity index is 3.10. The number of hydrogen-bond acceptors (Lipinski definition) is 2. The molecule has 0 amide bonds. The average molecular weight is 265 g/mol. The lowest BCUT2D eigenvalue weighted by molar-refractivity contribution is -0.131. The van der Waals surface area contributed by atoms with Gasteiger partial charge in [-0.2, -0.15) is 0 Å². The zero-order valence-electron chi connectivity index (χ0n) is 11.6. The molecule has 0 aromatic heterocycles. The van der Waals surface area contributed by atoms with Crippen molar-refractivity contribution in [1.29, 1.82) is 0 Å². The van der Waals surface area contributed by atoms with Gasteiger partial charge in [0.15, 0.2) is 0 Å². The highest BCUT2D eigenvalue weighted by Crippen LogP contribution is 2.22. The van der Waals surface area contributed by atoms with Crippen LogP contribution < -0.4 is 4.90 Å². The number of nitrogens with zero attached hydrogens (tertiary/aromatic N) is 1. The lowest BCUT2D eigenvalue weighted by atomic mass is 10.1. The monoisotopic (exact) mass is 265 g/mol. The molecule has 1 rings (SSSR count). The van der Waals surface area contributed by atoms with Crippen LogP contribution in [0.4, 0.5) is 10.1 Å². The zero-order chi connectivity index (χ0) is 14.4. The van der Waals surface area contributed by atoms with Crippen LogP contribution in [0.3, 0.4) is 0 Å². The van der Waals surface area contributed by atoms with Gasteiger partial charge < -0.3 is 10.0 Å². The third kappa shape index (κ3) is 4.39. The van der Waals surface area contributed by atoms with Crippen molar-refractivity contribution in [2.24, 2.45) is 0 Å². The molecule has 0 spiro atoms. The van der Waals surface area contributed by atoms with Gasteiger partial charge in [0.05, 0.1) is 0 Å². The van der Waals surface area contributed by atoms with Crippen molar-refractivity contribution in [3.05, 3.63) is 35.7 Å². The van der Waals surface area contributed by atoms with Crippen LogP contribution in [0.15, 0.2) is 24.3 Å². The molecule has 0 fully saturated rings. The van der Waals surface area contributed by atoms with Crippen LogP contribution >= 0.6 is 0 Å². The Labute approximate surface area is 113 Å². The summed E-state index contributed by atoms with van der Waals surface area (Å²) in [7, 11) is 0. The maximum Gasteiger partial charge on any atom is 0.328 e. The summed E-state index contributed by atoms with van der Waals surface area (Å²) in [4.78, 5) is 12.6. The van der Waals surface area contributed by atoms with Crippen LogP contribution in [0.1, 0.15) is 32.8 Å². The fraction of sp³-hybridized carbons (Fsp3) is 0.400. The number of carboxylic acid groups (broad SMARTS) is 1. The first kappa shape index (κ1) is 15.2. The van der Waals surface area contributed by atoms with E-state index in [9.17, 15) is 9.18 Å². The maximum atomic E-state index is 13.6. The molecule has 4 heteroatoms. The zero-order valence-corrected chi connectivity index (χ0v) is 11.6. The van der Waals surface area contributed by atoms with E-state index in [0.717, 1.165) is 24.7 Å². The van der Waals surface area contributed by atoms with Crippen molar-refractivity contribution in [3.63, 3.8) is 0 Å². The van der Waals surface area contributed by atoms with E-state index in [1.165, 1.54) is 18.2 Å². The Hall–Kier alpha value is -1.84. The lowest BCUT2D eigenvalue weighted by Gasteiger charge is -2.29. The highest BCUT2D eigenvalue weighted by molar-refractivity contribution is 5.85. The standard InChI is InChI=1S/C15H20FNO2/c1-4-11(3)17(5-2)14-9-12(6-7-15(18)19)8-13(16)10-14/h6-11H,4-5H2,1-3H3,(H,18,19)/b7-6+.